The molecule has 3 heterocycles. The van der Waals surface area contributed by atoms with Crippen molar-refractivity contribution >= 4 is 17.5 Å². The van der Waals surface area contributed by atoms with Crippen LogP contribution in [0.1, 0.15) is 100 Å². The van der Waals surface area contributed by atoms with Gasteiger partial charge >= 0.3 is 0 Å². The number of aryl methyl sites for hydroxylation is 1. The molecule has 5 nitrogen and oxygen atoms in total. The van der Waals surface area contributed by atoms with Gasteiger partial charge in [0.15, 0.2) is 0 Å². The van der Waals surface area contributed by atoms with Crippen molar-refractivity contribution in [3.8, 4) is 0 Å². The molecule has 2 aromatic rings. The van der Waals surface area contributed by atoms with Gasteiger partial charge in [0.05, 0.1) is 11.6 Å². The third-order valence-electron chi connectivity index (χ3n) is 8.95. The molecule has 0 saturated carbocycles. The molecule has 2 aliphatic heterocycles. The summed E-state index contributed by atoms with van der Waals surface area (Å²) in [6, 6.07) is 8.19. The Bertz CT molecular complexity index is 1060. The maximum absolute atomic E-state index is 14.2. The van der Waals surface area contributed by atoms with Crippen LogP contribution in [0.25, 0.3) is 0 Å². The van der Waals surface area contributed by atoms with Crippen LogP contribution in [0.15, 0.2) is 30.6 Å². The van der Waals surface area contributed by atoms with E-state index >= 15 is 0 Å². The summed E-state index contributed by atoms with van der Waals surface area (Å²) in [6.45, 7) is 11.7. The van der Waals surface area contributed by atoms with E-state index in [0.717, 1.165) is 57.3 Å². The Balaban J connectivity index is 1.37. The molecule has 0 unspecified atom stereocenters. The molecule has 2 fully saturated rings. The maximum atomic E-state index is 14.2. The number of carbonyl (C=O) groups is 1. The number of aromatic nitrogens is 2. The summed E-state index contributed by atoms with van der Waals surface area (Å²) < 4.78 is 0. The number of benzene rings is 1. The van der Waals surface area contributed by atoms with E-state index in [1.807, 2.05) is 12.1 Å². The first kappa shape index (κ1) is 24.7. The van der Waals surface area contributed by atoms with Crippen LogP contribution in [0.5, 0.6) is 0 Å². The Kier molecular flexibility index (Phi) is 6.93. The Morgan fingerprint density at radius 1 is 1.11 bits per heavy atom. The first-order chi connectivity index (χ1) is 16.8. The van der Waals surface area contributed by atoms with Crippen LogP contribution in [-0.2, 0) is 11.2 Å². The lowest BCUT2D eigenvalue weighted by Gasteiger charge is -2.41. The first-order valence-corrected chi connectivity index (χ1v) is 13.8. The molecule has 1 aromatic heterocycles. The molecule has 35 heavy (non-hydrogen) atoms. The number of carbonyl (C=O) groups excluding carboxylic acids is 1. The SMILES string of the molecule is CCN1[C@H]([C@@H](C(=O)N2CCC(c3ncnc4c3[C@H](C)CC4)CC2)c2ccc(Cl)cc2)CCC1(C)C. The zero-order valence-electron chi connectivity index (χ0n) is 21.6. The number of likely N-dealkylation sites (tertiary alicyclic amines) is 2. The summed E-state index contributed by atoms with van der Waals surface area (Å²) in [5.41, 5.74) is 5.08. The van der Waals surface area contributed by atoms with Crippen LogP contribution in [0.2, 0.25) is 5.02 Å². The number of fused-ring (bicyclic) bond motifs is 1. The topological polar surface area (TPSA) is 49.3 Å². The summed E-state index contributed by atoms with van der Waals surface area (Å²) in [7, 11) is 0. The highest BCUT2D eigenvalue weighted by molar-refractivity contribution is 6.30. The smallest absolute Gasteiger partial charge is 0.231 e. The molecule has 3 atom stereocenters. The second-order valence-corrected chi connectivity index (χ2v) is 11.8. The Hall–Kier alpha value is -1.98. The number of halogens is 1. The lowest BCUT2D eigenvalue weighted by Crippen LogP contribution is -2.50. The second kappa shape index (κ2) is 9.82. The standard InChI is InChI=1S/C29H39ClN4O/c1-5-34-24(12-15-29(34,3)4)26(20-7-9-22(30)10-8-20)28(35)33-16-13-21(14-17-33)27-25-19(2)6-11-23(25)31-18-32-27/h7-10,18-19,21,24,26H,5-6,11-17H2,1-4H3/t19-,24+,26+/m1/s1. The van der Waals surface area contributed by atoms with E-state index in [0.29, 0.717) is 16.9 Å². The predicted molar refractivity (Wildman–Crippen MR) is 141 cm³/mol. The summed E-state index contributed by atoms with van der Waals surface area (Å²) >= 11 is 6.21. The zero-order chi connectivity index (χ0) is 24.7. The number of likely N-dealkylation sites (N-methyl/N-ethyl adjacent to an activating group) is 1. The molecular weight excluding hydrogens is 456 g/mol. The van der Waals surface area contributed by atoms with Crippen molar-refractivity contribution in [3.05, 3.63) is 58.1 Å². The Morgan fingerprint density at radius 2 is 1.83 bits per heavy atom. The van der Waals surface area contributed by atoms with E-state index in [1.54, 1.807) is 6.33 Å². The fourth-order valence-electron chi connectivity index (χ4n) is 7.03. The third kappa shape index (κ3) is 4.62. The van der Waals surface area contributed by atoms with Gasteiger partial charge in [0.2, 0.25) is 5.91 Å². The zero-order valence-corrected chi connectivity index (χ0v) is 22.4. The molecule has 188 valence electrons. The number of nitrogens with zero attached hydrogens (tertiary/aromatic N) is 4. The summed E-state index contributed by atoms with van der Waals surface area (Å²) in [5.74, 6) is 1.07. The quantitative estimate of drug-likeness (QED) is 0.516. The average molecular weight is 495 g/mol. The van der Waals surface area contributed by atoms with E-state index in [1.165, 1.54) is 23.4 Å². The molecule has 1 amide bonds. The molecule has 3 aliphatic rings. The molecule has 0 bridgehead atoms. The molecule has 0 radical (unpaired) electrons. The molecular formula is C29H39ClN4O. The number of hydrogen-bond acceptors (Lipinski definition) is 4. The minimum Gasteiger partial charge on any atom is -0.342 e. The highest BCUT2D eigenvalue weighted by atomic mass is 35.5. The van der Waals surface area contributed by atoms with Crippen LogP contribution < -0.4 is 0 Å². The lowest BCUT2D eigenvalue weighted by atomic mass is 9.85. The summed E-state index contributed by atoms with van der Waals surface area (Å²) in [5, 5.41) is 0.714. The number of amides is 1. The fourth-order valence-corrected chi connectivity index (χ4v) is 7.16. The van der Waals surface area contributed by atoms with Crippen molar-refractivity contribution in [1.29, 1.82) is 0 Å². The van der Waals surface area contributed by atoms with Crippen LogP contribution in [0, 0.1) is 0 Å². The molecule has 1 aromatic carbocycles. The largest absolute Gasteiger partial charge is 0.342 e. The van der Waals surface area contributed by atoms with Crippen LogP contribution >= 0.6 is 11.6 Å². The first-order valence-electron chi connectivity index (χ1n) is 13.4. The van der Waals surface area contributed by atoms with Gasteiger partial charge in [-0.05, 0) is 88.1 Å². The fraction of sp³-hybridized carbons (Fsp3) is 0.621. The van der Waals surface area contributed by atoms with Gasteiger partial charge in [-0.2, -0.15) is 0 Å². The Labute approximate surface area is 215 Å². The normalized spacial score (nSPS) is 25.6. The van der Waals surface area contributed by atoms with Crippen molar-refractivity contribution in [2.24, 2.45) is 0 Å². The number of piperidine rings is 1. The van der Waals surface area contributed by atoms with Gasteiger partial charge in [0.1, 0.15) is 6.33 Å². The third-order valence-corrected chi connectivity index (χ3v) is 9.20. The molecule has 5 rings (SSSR count). The van der Waals surface area contributed by atoms with E-state index in [4.69, 9.17) is 16.6 Å². The van der Waals surface area contributed by atoms with Crippen molar-refractivity contribution in [2.75, 3.05) is 19.6 Å². The van der Waals surface area contributed by atoms with E-state index in [9.17, 15) is 4.79 Å². The van der Waals surface area contributed by atoms with Gasteiger partial charge in [-0.3, -0.25) is 9.69 Å². The minimum absolute atomic E-state index is 0.113. The predicted octanol–water partition coefficient (Wildman–Crippen LogP) is 5.93. The van der Waals surface area contributed by atoms with Gasteiger partial charge in [0, 0.05) is 41.3 Å². The van der Waals surface area contributed by atoms with Gasteiger partial charge in [-0.25, -0.2) is 9.97 Å². The Morgan fingerprint density at radius 3 is 2.51 bits per heavy atom. The average Bonchev–Trinajstić information content (AvgIpc) is 3.39. The number of rotatable bonds is 5. The van der Waals surface area contributed by atoms with Crippen molar-refractivity contribution in [3.63, 3.8) is 0 Å². The van der Waals surface area contributed by atoms with Crippen LogP contribution in [0.3, 0.4) is 0 Å². The van der Waals surface area contributed by atoms with Gasteiger partial charge < -0.3 is 4.90 Å². The van der Waals surface area contributed by atoms with Crippen molar-refractivity contribution < 1.29 is 4.79 Å². The van der Waals surface area contributed by atoms with E-state index in [2.05, 4.69) is 54.6 Å². The second-order valence-electron chi connectivity index (χ2n) is 11.4. The molecule has 0 spiro atoms. The maximum Gasteiger partial charge on any atom is 0.231 e. The van der Waals surface area contributed by atoms with Crippen molar-refractivity contribution in [2.45, 2.75) is 95.6 Å². The van der Waals surface area contributed by atoms with Crippen LogP contribution in [-0.4, -0.2) is 56.9 Å². The van der Waals surface area contributed by atoms with Crippen LogP contribution in [0.4, 0.5) is 0 Å². The van der Waals surface area contributed by atoms with E-state index < -0.39 is 0 Å². The molecule has 0 N–H and O–H groups in total. The molecule has 1 aliphatic carbocycles. The van der Waals surface area contributed by atoms with Gasteiger partial charge in [-0.1, -0.05) is 37.6 Å². The molecule has 2 saturated heterocycles. The molecule has 6 heteroatoms. The lowest BCUT2D eigenvalue weighted by molar-refractivity contribution is -0.135. The number of hydrogen-bond donors (Lipinski definition) is 0. The minimum atomic E-state index is -0.158. The monoisotopic (exact) mass is 494 g/mol. The van der Waals surface area contributed by atoms with Crippen molar-refractivity contribution in [1.82, 2.24) is 19.8 Å². The van der Waals surface area contributed by atoms with Gasteiger partial charge in [0.25, 0.3) is 0 Å². The van der Waals surface area contributed by atoms with Gasteiger partial charge in [-0.15, -0.1) is 0 Å². The highest BCUT2D eigenvalue weighted by Gasteiger charge is 2.46. The van der Waals surface area contributed by atoms with E-state index in [-0.39, 0.29) is 23.4 Å². The summed E-state index contributed by atoms with van der Waals surface area (Å²) in [4.78, 5) is 28.1. The highest BCUT2D eigenvalue weighted by Crippen LogP contribution is 2.43. The summed E-state index contributed by atoms with van der Waals surface area (Å²) in [6.07, 6.45) is 8.10.